The standard InChI is InChI=1S/C43H82NO8P/c1-6-8-10-12-14-16-18-20-21-22-23-24-26-28-30-32-34-36-43(46)52-41(40-51-53(47,48)50-38-37-44(3,4)5)39-49-42(45)35-33-31-29-27-25-19-17-15-13-11-9-7-2/h14,16,20-21,41H,6-13,15,17-19,22-40H2,1-5H3/p+1/b16-14-,21-20-. The van der Waals surface area contributed by atoms with Crippen molar-refractivity contribution in [3.8, 4) is 0 Å². The largest absolute Gasteiger partial charge is 0.472 e. The van der Waals surface area contributed by atoms with Gasteiger partial charge in [-0.2, -0.15) is 0 Å². The van der Waals surface area contributed by atoms with Crippen LogP contribution < -0.4 is 0 Å². The molecule has 0 spiro atoms. The molecule has 0 fully saturated rings. The molecule has 0 aliphatic heterocycles. The molecule has 0 radical (unpaired) electrons. The number of hydrogen-bond donors (Lipinski definition) is 1. The maximum absolute atomic E-state index is 12.7. The number of hydrogen-bond acceptors (Lipinski definition) is 7. The number of ether oxygens (including phenoxy) is 2. The lowest BCUT2D eigenvalue weighted by Crippen LogP contribution is -2.37. The Morgan fingerprint density at radius 1 is 0.585 bits per heavy atom. The fourth-order valence-electron chi connectivity index (χ4n) is 5.81. The molecule has 2 unspecified atom stereocenters. The molecule has 9 nitrogen and oxygen atoms in total. The van der Waals surface area contributed by atoms with Crippen LogP contribution >= 0.6 is 7.82 Å². The minimum absolute atomic E-state index is 0.0317. The maximum atomic E-state index is 12.7. The Hall–Kier alpha value is -1.51. The van der Waals surface area contributed by atoms with E-state index >= 15 is 0 Å². The van der Waals surface area contributed by atoms with Gasteiger partial charge in [0.05, 0.1) is 27.7 Å². The molecule has 0 aromatic rings. The van der Waals surface area contributed by atoms with Crippen LogP contribution in [0, 0.1) is 0 Å². The van der Waals surface area contributed by atoms with Gasteiger partial charge in [0.15, 0.2) is 6.10 Å². The number of phosphoric acid groups is 1. The molecule has 0 rings (SSSR count). The number of carbonyl (C=O) groups is 2. The number of quaternary nitrogens is 1. The van der Waals surface area contributed by atoms with Crippen molar-refractivity contribution in [2.75, 3.05) is 47.5 Å². The van der Waals surface area contributed by atoms with Gasteiger partial charge in [-0.05, 0) is 44.9 Å². The second-order valence-corrected chi connectivity index (χ2v) is 17.2. The summed E-state index contributed by atoms with van der Waals surface area (Å²) >= 11 is 0. The van der Waals surface area contributed by atoms with Crippen LogP contribution in [-0.2, 0) is 32.7 Å². The number of rotatable bonds is 39. The van der Waals surface area contributed by atoms with Crippen molar-refractivity contribution in [3.63, 3.8) is 0 Å². The van der Waals surface area contributed by atoms with E-state index < -0.39 is 26.5 Å². The van der Waals surface area contributed by atoms with Crippen molar-refractivity contribution in [1.82, 2.24) is 0 Å². The first-order chi connectivity index (χ1) is 25.5. The number of likely N-dealkylation sites (N-methyl/N-ethyl adjacent to an activating group) is 1. The molecule has 0 heterocycles. The van der Waals surface area contributed by atoms with E-state index in [0.29, 0.717) is 23.9 Å². The van der Waals surface area contributed by atoms with Crippen molar-refractivity contribution in [1.29, 1.82) is 0 Å². The summed E-state index contributed by atoms with van der Waals surface area (Å²) in [5.41, 5.74) is 0. The normalized spacial score (nSPS) is 13.8. The predicted octanol–water partition coefficient (Wildman–Crippen LogP) is 12.0. The molecule has 0 bridgehead atoms. The van der Waals surface area contributed by atoms with Crippen LogP contribution in [0.2, 0.25) is 0 Å². The van der Waals surface area contributed by atoms with Crippen LogP contribution in [0.5, 0.6) is 0 Å². The van der Waals surface area contributed by atoms with Gasteiger partial charge in [0.1, 0.15) is 19.8 Å². The first kappa shape index (κ1) is 51.5. The molecule has 2 atom stereocenters. The van der Waals surface area contributed by atoms with E-state index in [1.807, 2.05) is 21.1 Å². The summed E-state index contributed by atoms with van der Waals surface area (Å²) in [7, 11) is 1.47. The van der Waals surface area contributed by atoms with Gasteiger partial charge in [-0.25, -0.2) is 4.57 Å². The molecule has 1 N–H and O–H groups in total. The van der Waals surface area contributed by atoms with Crippen LogP contribution in [0.4, 0.5) is 0 Å². The highest BCUT2D eigenvalue weighted by Gasteiger charge is 2.27. The third kappa shape index (κ3) is 40.0. The lowest BCUT2D eigenvalue weighted by atomic mass is 10.0. The van der Waals surface area contributed by atoms with Crippen LogP contribution in [0.15, 0.2) is 24.3 Å². The zero-order chi connectivity index (χ0) is 39.3. The number of esters is 2. The summed E-state index contributed by atoms with van der Waals surface area (Å²) in [4.78, 5) is 35.3. The number of allylic oxidation sites excluding steroid dienone is 4. The van der Waals surface area contributed by atoms with E-state index in [1.165, 1.54) is 103 Å². The lowest BCUT2D eigenvalue weighted by molar-refractivity contribution is -0.870. The minimum atomic E-state index is -4.37. The van der Waals surface area contributed by atoms with E-state index in [1.54, 1.807) is 0 Å². The molecule has 0 aromatic carbocycles. The third-order valence-electron chi connectivity index (χ3n) is 9.23. The number of nitrogens with zero attached hydrogens (tertiary/aromatic N) is 1. The highest BCUT2D eigenvalue weighted by atomic mass is 31.2. The van der Waals surface area contributed by atoms with Gasteiger partial charge < -0.3 is 18.9 Å². The first-order valence-electron chi connectivity index (χ1n) is 21.6. The summed E-state index contributed by atoms with van der Waals surface area (Å²) in [6.07, 6.45) is 37.9. The van der Waals surface area contributed by atoms with Gasteiger partial charge >= 0.3 is 19.8 Å². The van der Waals surface area contributed by atoms with E-state index in [-0.39, 0.29) is 25.6 Å². The van der Waals surface area contributed by atoms with Crippen molar-refractivity contribution >= 4 is 19.8 Å². The predicted molar refractivity (Wildman–Crippen MR) is 220 cm³/mol. The molecule has 312 valence electrons. The smallest absolute Gasteiger partial charge is 0.462 e. The second-order valence-electron chi connectivity index (χ2n) is 15.7. The summed E-state index contributed by atoms with van der Waals surface area (Å²) < 4.78 is 34.3. The number of phosphoric ester groups is 1. The molecule has 0 saturated heterocycles. The molecule has 0 aliphatic rings. The molecule has 0 saturated carbocycles. The van der Waals surface area contributed by atoms with Crippen LogP contribution in [0.3, 0.4) is 0 Å². The number of unbranched alkanes of at least 4 members (excludes halogenated alkanes) is 21. The fourth-order valence-corrected chi connectivity index (χ4v) is 6.55. The molecule has 10 heteroatoms. The van der Waals surface area contributed by atoms with Crippen molar-refractivity contribution in [2.45, 2.75) is 193 Å². The van der Waals surface area contributed by atoms with E-state index in [9.17, 15) is 19.0 Å². The first-order valence-corrected chi connectivity index (χ1v) is 23.1. The van der Waals surface area contributed by atoms with E-state index in [0.717, 1.165) is 51.4 Å². The molecule has 0 aromatic heterocycles. The average molecular weight is 773 g/mol. The zero-order valence-electron chi connectivity index (χ0n) is 35.0. The Bertz CT molecular complexity index is 964. The summed E-state index contributed by atoms with van der Waals surface area (Å²) in [5, 5.41) is 0. The highest BCUT2D eigenvalue weighted by molar-refractivity contribution is 7.47. The molecular formula is C43H83NO8P+. The molecule has 0 aliphatic carbocycles. The van der Waals surface area contributed by atoms with Crippen LogP contribution in [0.25, 0.3) is 0 Å². The van der Waals surface area contributed by atoms with E-state index in [2.05, 4.69) is 38.2 Å². The average Bonchev–Trinajstić information content (AvgIpc) is 3.10. The lowest BCUT2D eigenvalue weighted by Gasteiger charge is -2.24. The van der Waals surface area contributed by atoms with Gasteiger partial charge in [0, 0.05) is 12.8 Å². The van der Waals surface area contributed by atoms with Gasteiger partial charge in [-0.1, -0.05) is 154 Å². The van der Waals surface area contributed by atoms with Crippen LogP contribution in [-0.4, -0.2) is 74.9 Å². The quantitative estimate of drug-likeness (QED) is 0.0216. The SMILES string of the molecule is CCCCC/C=C\C/C=C\CCCCCCCCCC(=O)OC(COC(=O)CCCCCCCCCCCCCC)COP(=O)(O)OCC[N+](C)(C)C. The van der Waals surface area contributed by atoms with Gasteiger partial charge in [0.2, 0.25) is 0 Å². The van der Waals surface area contributed by atoms with Crippen molar-refractivity contribution < 1.29 is 42.1 Å². The van der Waals surface area contributed by atoms with Gasteiger partial charge in [-0.15, -0.1) is 0 Å². The second kappa shape index (κ2) is 36.1. The summed E-state index contributed by atoms with van der Waals surface area (Å²) in [5.74, 6) is -0.803. The Morgan fingerprint density at radius 3 is 1.53 bits per heavy atom. The topological polar surface area (TPSA) is 108 Å². The summed E-state index contributed by atoms with van der Waals surface area (Å²) in [6, 6.07) is 0. The third-order valence-corrected chi connectivity index (χ3v) is 10.2. The monoisotopic (exact) mass is 773 g/mol. The summed E-state index contributed by atoms with van der Waals surface area (Å²) in [6.45, 7) is 4.39. The maximum Gasteiger partial charge on any atom is 0.472 e. The molecular weight excluding hydrogens is 689 g/mol. The van der Waals surface area contributed by atoms with Crippen molar-refractivity contribution in [3.05, 3.63) is 24.3 Å². The Morgan fingerprint density at radius 2 is 1.02 bits per heavy atom. The van der Waals surface area contributed by atoms with Gasteiger partial charge in [0.25, 0.3) is 0 Å². The minimum Gasteiger partial charge on any atom is -0.462 e. The van der Waals surface area contributed by atoms with Gasteiger partial charge in [-0.3, -0.25) is 18.6 Å². The zero-order valence-corrected chi connectivity index (χ0v) is 35.9. The Labute approximate surface area is 326 Å². The fraction of sp³-hybridized carbons (Fsp3) is 0.860. The van der Waals surface area contributed by atoms with Crippen LogP contribution in [0.1, 0.15) is 187 Å². The molecule has 53 heavy (non-hydrogen) atoms. The Kier molecular flexibility index (Phi) is 35.1. The molecule has 0 amide bonds. The van der Waals surface area contributed by atoms with E-state index in [4.69, 9.17) is 18.5 Å². The Balaban J connectivity index is 4.37. The highest BCUT2D eigenvalue weighted by Crippen LogP contribution is 2.43. The number of carbonyl (C=O) groups excluding carboxylic acids is 2. The van der Waals surface area contributed by atoms with Crippen molar-refractivity contribution in [2.24, 2.45) is 0 Å².